The van der Waals surface area contributed by atoms with E-state index in [0.717, 1.165) is 6.07 Å². The number of amides is 1. The van der Waals surface area contributed by atoms with E-state index in [0.29, 0.717) is 11.4 Å². The van der Waals surface area contributed by atoms with Crippen molar-refractivity contribution in [1.82, 2.24) is 0 Å². The zero-order chi connectivity index (χ0) is 15.4. The average Bonchev–Trinajstić information content (AvgIpc) is 2.44. The molecular weight excluding hydrogens is 321 g/mol. The van der Waals surface area contributed by atoms with Crippen molar-refractivity contribution in [2.45, 2.75) is 0 Å². The predicted octanol–water partition coefficient (Wildman–Crippen LogP) is 4.32. The highest BCUT2D eigenvalue weighted by atomic mass is 35.5. The fourth-order valence-electron chi connectivity index (χ4n) is 1.57. The van der Waals surface area contributed by atoms with Crippen LogP contribution in [0.3, 0.4) is 0 Å². The number of benzene rings is 2. The van der Waals surface area contributed by atoms with Gasteiger partial charge in [0, 0.05) is 11.4 Å². The normalized spacial score (nSPS) is 10.3. The van der Waals surface area contributed by atoms with Crippen LogP contribution in [0.4, 0.5) is 20.2 Å². The molecule has 0 saturated heterocycles. The molecule has 0 bridgehead atoms. The number of anilines is 2. The van der Waals surface area contributed by atoms with Crippen molar-refractivity contribution in [3.8, 4) is 0 Å². The number of halogens is 4. The molecule has 0 aliphatic rings. The van der Waals surface area contributed by atoms with Crippen LogP contribution in [-0.2, 0) is 4.79 Å². The summed E-state index contributed by atoms with van der Waals surface area (Å²) in [5.41, 5.74) is 0.888. The molecule has 3 nitrogen and oxygen atoms in total. The van der Waals surface area contributed by atoms with Gasteiger partial charge in [0.05, 0.1) is 16.6 Å². The quantitative estimate of drug-likeness (QED) is 0.876. The molecule has 0 unspecified atom stereocenters. The van der Waals surface area contributed by atoms with Crippen LogP contribution < -0.4 is 10.6 Å². The summed E-state index contributed by atoms with van der Waals surface area (Å²) in [6, 6.07) is 7.90. The Morgan fingerprint density at radius 1 is 0.952 bits per heavy atom. The van der Waals surface area contributed by atoms with Gasteiger partial charge in [-0.3, -0.25) is 4.79 Å². The zero-order valence-electron chi connectivity index (χ0n) is 10.6. The fourth-order valence-corrected chi connectivity index (χ4v) is 1.93. The van der Waals surface area contributed by atoms with E-state index in [-0.39, 0.29) is 22.5 Å². The van der Waals surface area contributed by atoms with Crippen LogP contribution in [0, 0.1) is 11.6 Å². The maximum Gasteiger partial charge on any atom is 0.243 e. The Morgan fingerprint density at radius 3 is 2.05 bits per heavy atom. The van der Waals surface area contributed by atoms with Gasteiger partial charge < -0.3 is 10.6 Å². The molecule has 7 heteroatoms. The third kappa shape index (κ3) is 4.31. The summed E-state index contributed by atoms with van der Waals surface area (Å²) in [6.45, 7) is -0.0586. The van der Waals surface area contributed by atoms with Gasteiger partial charge in [-0.05, 0) is 36.4 Å². The van der Waals surface area contributed by atoms with Crippen LogP contribution in [0.15, 0.2) is 36.4 Å². The molecule has 0 radical (unpaired) electrons. The van der Waals surface area contributed by atoms with Gasteiger partial charge >= 0.3 is 0 Å². The summed E-state index contributed by atoms with van der Waals surface area (Å²) in [6.07, 6.45) is 0. The molecule has 2 rings (SSSR count). The summed E-state index contributed by atoms with van der Waals surface area (Å²) in [5, 5.41) is 5.22. The molecule has 0 fully saturated rings. The maximum absolute atomic E-state index is 13.0. The number of rotatable bonds is 4. The Bertz CT molecular complexity index is 680. The number of carbonyl (C=O) groups excluding carboxylic acids is 1. The van der Waals surface area contributed by atoms with Crippen molar-refractivity contribution in [2.75, 3.05) is 17.2 Å². The first-order valence-corrected chi connectivity index (χ1v) is 6.65. The van der Waals surface area contributed by atoms with Gasteiger partial charge in [-0.15, -0.1) is 0 Å². The Hall–Kier alpha value is -1.85. The van der Waals surface area contributed by atoms with Crippen molar-refractivity contribution < 1.29 is 13.6 Å². The molecule has 0 spiro atoms. The van der Waals surface area contributed by atoms with Crippen molar-refractivity contribution in [3.05, 3.63) is 58.1 Å². The lowest BCUT2D eigenvalue weighted by Crippen LogP contribution is -2.21. The molecule has 1 amide bonds. The van der Waals surface area contributed by atoms with E-state index in [9.17, 15) is 13.6 Å². The predicted molar refractivity (Wildman–Crippen MR) is 79.9 cm³/mol. The lowest BCUT2D eigenvalue weighted by molar-refractivity contribution is -0.114. The van der Waals surface area contributed by atoms with Crippen LogP contribution in [-0.4, -0.2) is 12.5 Å². The SMILES string of the molecule is O=C(CNc1ccc(F)c(Cl)c1)Nc1ccc(F)c(Cl)c1. The molecule has 2 aromatic rings. The van der Waals surface area contributed by atoms with Crippen LogP contribution in [0.1, 0.15) is 0 Å². The molecular formula is C14H10Cl2F2N2O. The summed E-state index contributed by atoms with van der Waals surface area (Å²) in [5.74, 6) is -1.46. The Morgan fingerprint density at radius 2 is 1.48 bits per heavy atom. The van der Waals surface area contributed by atoms with E-state index >= 15 is 0 Å². The first-order chi connectivity index (χ1) is 9.95. The highest BCUT2D eigenvalue weighted by Gasteiger charge is 2.06. The van der Waals surface area contributed by atoms with E-state index < -0.39 is 11.6 Å². The minimum Gasteiger partial charge on any atom is -0.376 e. The molecule has 0 aliphatic carbocycles. The smallest absolute Gasteiger partial charge is 0.243 e. The van der Waals surface area contributed by atoms with Crippen molar-refractivity contribution >= 4 is 40.5 Å². The van der Waals surface area contributed by atoms with E-state index in [1.807, 2.05) is 0 Å². The lowest BCUT2D eigenvalue weighted by Gasteiger charge is -2.08. The third-order valence-electron chi connectivity index (χ3n) is 2.58. The van der Waals surface area contributed by atoms with Crippen LogP contribution in [0.25, 0.3) is 0 Å². The highest BCUT2D eigenvalue weighted by Crippen LogP contribution is 2.20. The minimum absolute atomic E-state index is 0.0364. The van der Waals surface area contributed by atoms with Crippen LogP contribution in [0.2, 0.25) is 10.0 Å². The first kappa shape index (κ1) is 15.5. The zero-order valence-corrected chi connectivity index (χ0v) is 12.1. The van der Waals surface area contributed by atoms with Crippen molar-refractivity contribution in [2.24, 2.45) is 0 Å². The molecule has 2 N–H and O–H groups in total. The molecule has 21 heavy (non-hydrogen) atoms. The van der Waals surface area contributed by atoms with E-state index in [1.165, 1.54) is 30.3 Å². The van der Waals surface area contributed by atoms with Gasteiger partial charge in [-0.1, -0.05) is 23.2 Å². The topological polar surface area (TPSA) is 41.1 Å². The first-order valence-electron chi connectivity index (χ1n) is 5.89. The van der Waals surface area contributed by atoms with Gasteiger partial charge in [0.15, 0.2) is 0 Å². The second kappa shape index (κ2) is 6.74. The fraction of sp³-hybridized carbons (Fsp3) is 0.0714. The van der Waals surface area contributed by atoms with Gasteiger partial charge in [-0.25, -0.2) is 8.78 Å². The Balaban J connectivity index is 1.92. The van der Waals surface area contributed by atoms with Crippen molar-refractivity contribution in [3.63, 3.8) is 0 Å². The molecule has 110 valence electrons. The maximum atomic E-state index is 13.0. The minimum atomic E-state index is -0.561. The largest absolute Gasteiger partial charge is 0.376 e. The summed E-state index contributed by atoms with van der Waals surface area (Å²) in [7, 11) is 0. The average molecular weight is 331 g/mol. The summed E-state index contributed by atoms with van der Waals surface area (Å²) >= 11 is 11.2. The van der Waals surface area contributed by atoms with Crippen molar-refractivity contribution in [1.29, 1.82) is 0 Å². The standard InChI is InChI=1S/C14H10Cl2F2N2O/c15-10-5-8(1-3-12(10)17)19-7-14(21)20-9-2-4-13(18)11(16)6-9/h1-6,19H,7H2,(H,20,21). The second-order valence-corrected chi connectivity index (χ2v) is 4.97. The lowest BCUT2D eigenvalue weighted by atomic mass is 10.3. The van der Waals surface area contributed by atoms with Gasteiger partial charge in [-0.2, -0.15) is 0 Å². The number of hydrogen-bond acceptors (Lipinski definition) is 2. The molecule has 0 aliphatic heterocycles. The number of carbonyl (C=O) groups is 1. The van der Waals surface area contributed by atoms with Crippen LogP contribution in [0.5, 0.6) is 0 Å². The molecule has 0 atom stereocenters. The third-order valence-corrected chi connectivity index (χ3v) is 3.16. The van der Waals surface area contributed by atoms with E-state index in [2.05, 4.69) is 10.6 Å². The monoisotopic (exact) mass is 330 g/mol. The molecule has 0 aromatic heterocycles. The number of nitrogens with one attached hydrogen (secondary N) is 2. The Labute approximate surface area is 129 Å². The highest BCUT2D eigenvalue weighted by molar-refractivity contribution is 6.31. The van der Waals surface area contributed by atoms with Gasteiger partial charge in [0.2, 0.25) is 5.91 Å². The van der Waals surface area contributed by atoms with Gasteiger partial charge in [0.25, 0.3) is 0 Å². The van der Waals surface area contributed by atoms with Crippen LogP contribution >= 0.6 is 23.2 Å². The number of hydrogen-bond donors (Lipinski definition) is 2. The van der Waals surface area contributed by atoms with E-state index in [4.69, 9.17) is 23.2 Å². The summed E-state index contributed by atoms with van der Waals surface area (Å²) in [4.78, 5) is 11.7. The summed E-state index contributed by atoms with van der Waals surface area (Å²) < 4.78 is 25.9. The Kier molecular flexibility index (Phi) is 4.98. The second-order valence-electron chi connectivity index (χ2n) is 4.16. The molecule has 0 heterocycles. The van der Waals surface area contributed by atoms with E-state index in [1.54, 1.807) is 0 Å². The molecule has 0 saturated carbocycles. The van der Waals surface area contributed by atoms with Gasteiger partial charge in [0.1, 0.15) is 11.6 Å². The molecule has 2 aromatic carbocycles.